The monoisotopic (exact) mass is 575 g/mol. The van der Waals surface area contributed by atoms with Crippen LogP contribution in [0.15, 0.2) is 4.99 Å². The molecule has 0 bridgehead atoms. The predicted molar refractivity (Wildman–Crippen MR) is 137 cm³/mol. The highest BCUT2D eigenvalue weighted by atomic mass is 127. The summed E-state index contributed by atoms with van der Waals surface area (Å²) in [7, 11) is -1.43. The summed E-state index contributed by atoms with van der Waals surface area (Å²) in [5, 5.41) is 6.61. The molecule has 0 aromatic rings. The molecule has 0 aromatic heterocycles. The number of hydrogen-bond donors (Lipinski definition) is 2. The highest BCUT2D eigenvalue weighted by molar-refractivity contribution is 14.0. The minimum atomic E-state index is -3.13. The van der Waals surface area contributed by atoms with Crippen LogP contribution in [-0.4, -0.2) is 86.8 Å². The number of ether oxygens (including phenoxy) is 1. The lowest BCUT2D eigenvalue weighted by atomic mass is 10.1. The van der Waals surface area contributed by atoms with Gasteiger partial charge in [-0.3, -0.25) is 4.99 Å². The Morgan fingerprint density at radius 3 is 2.26 bits per heavy atom. The molecule has 1 aliphatic rings. The molecule has 2 N–H and O–H groups in total. The summed E-state index contributed by atoms with van der Waals surface area (Å²) in [6.45, 7) is 12.2. The maximum Gasteiger partial charge on any atom is 0.410 e. The van der Waals surface area contributed by atoms with Crippen LogP contribution in [0.3, 0.4) is 0 Å². The fourth-order valence-electron chi connectivity index (χ4n) is 3.25. The van der Waals surface area contributed by atoms with Crippen LogP contribution >= 0.6 is 24.0 Å². The molecule has 1 fully saturated rings. The number of nitrogens with one attached hydrogen (secondary N) is 2. The zero-order valence-electron chi connectivity index (χ0n) is 19.9. The van der Waals surface area contributed by atoms with Crippen molar-refractivity contribution in [1.29, 1.82) is 0 Å². The molecule has 0 saturated carbocycles. The minimum Gasteiger partial charge on any atom is -0.444 e. The average Bonchev–Trinajstić information content (AvgIpc) is 2.65. The van der Waals surface area contributed by atoms with Crippen molar-refractivity contribution in [3.8, 4) is 0 Å². The summed E-state index contributed by atoms with van der Waals surface area (Å²) in [4.78, 5) is 18.3. The summed E-state index contributed by atoms with van der Waals surface area (Å²) in [5.41, 5.74) is -0.520. The van der Waals surface area contributed by atoms with E-state index < -0.39 is 15.6 Å². The molecule has 0 radical (unpaired) electrons. The average molecular weight is 576 g/mol. The molecule has 0 unspecified atom stereocenters. The van der Waals surface area contributed by atoms with Crippen LogP contribution in [0, 0.1) is 0 Å². The summed E-state index contributed by atoms with van der Waals surface area (Å²) in [5.74, 6) is 0.866. The first kappa shape index (κ1) is 30.2. The molecule has 1 amide bonds. The number of hydrogen-bond acceptors (Lipinski definition) is 5. The fraction of sp³-hybridized carbons (Fsp3) is 0.900. The maximum atomic E-state index is 12.3. The molecule has 9 nitrogen and oxygen atoms in total. The van der Waals surface area contributed by atoms with Gasteiger partial charge in [0.05, 0.1) is 5.75 Å². The Hall–Kier alpha value is -0.820. The Morgan fingerprint density at radius 1 is 1.16 bits per heavy atom. The van der Waals surface area contributed by atoms with Gasteiger partial charge in [-0.15, -0.1) is 24.0 Å². The van der Waals surface area contributed by atoms with E-state index in [4.69, 9.17) is 4.74 Å². The number of carbonyl (C=O) groups excluding carboxylic acids is 1. The largest absolute Gasteiger partial charge is 0.444 e. The second kappa shape index (κ2) is 14.4. The third kappa shape index (κ3) is 11.6. The molecule has 1 saturated heterocycles. The molecular weight excluding hydrogens is 533 g/mol. The van der Waals surface area contributed by atoms with Gasteiger partial charge in [0.2, 0.25) is 10.0 Å². The lowest BCUT2D eigenvalue weighted by molar-refractivity contribution is 0.0253. The van der Waals surface area contributed by atoms with Crippen LogP contribution in [-0.2, 0) is 14.8 Å². The lowest BCUT2D eigenvalue weighted by Gasteiger charge is -2.32. The Bertz CT molecular complexity index is 659. The van der Waals surface area contributed by atoms with Crippen molar-refractivity contribution in [3.63, 3.8) is 0 Å². The molecule has 0 spiro atoms. The zero-order valence-corrected chi connectivity index (χ0v) is 23.1. The quantitative estimate of drug-likeness (QED) is 0.249. The summed E-state index contributed by atoms with van der Waals surface area (Å²) in [6, 6.07) is 0.168. The molecule has 184 valence electrons. The van der Waals surface area contributed by atoms with Crippen LogP contribution in [0.5, 0.6) is 0 Å². The number of aliphatic imine (C=N–C) groups is 1. The number of halogens is 1. The van der Waals surface area contributed by atoms with Crippen LogP contribution in [0.4, 0.5) is 4.79 Å². The third-order valence-corrected chi connectivity index (χ3v) is 6.77. The summed E-state index contributed by atoms with van der Waals surface area (Å²) < 4.78 is 31.5. The van der Waals surface area contributed by atoms with E-state index in [1.54, 1.807) is 16.3 Å². The van der Waals surface area contributed by atoms with E-state index >= 15 is 0 Å². The molecule has 31 heavy (non-hydrogen) atoms. The van der Waals surface area contributed by atoms with E-state index in [2.05, 4.69) is 15.6 Å². The first-order valence-corrected chi connectivity index (χ1v) is 12.6. The zero-order chi connectivity index (χ0) is 22.8. The van der Waals surface area contributed by atoms with E-state index in [1.165, 1.54) is 0 Å². The van der Waals surface area contributed by atoms with Crippen LogP contribution in [0.2, 0.25) is 0 Å². The van der Waals surface area contributed by atoms with E-state index in [-0.39, 0.29) is 41.9 Å². The van der Waals surface area contributed by atoms with E-state index in [0.717, 1.165) is 19.3 Å². The van der Waals surface area contributed by atoms with E-state index in [1.807, 2.05) is 34.6 Å². The van der Waals surface area contributed by atoms with Crippen LogP contribution in [0.1, 0.15) is 60.3 Å². The van der Waals surface area contributed by atoms with Crippen LogP contribution in [0.25, 0.3) is 0 Å². The second-order valence-corrected chi connectivity index (χ2v) is 10.7. The number of amides is 1. The Labute approximate surface area is 205 Å². The maximum absolute atomic E-state index is 12.3. The van der Waals surface area contributed by atoms with Gasteiger partial charge >= 0.3 is 6.09 Å². The van der Waals surface area contributed by atoms with Gasteiger partial charge in [-0.25, -0.2) is 17.5 Å². The molecule has 0 aliphatic carbocycles. The van der Waals surface area contributed by atoms with Crippen molar-refractivity contribution >= 4 is 46.1 Å². The predicted octanol–water partition coefficient (Wildman–Crippen LogP) is 2.62. The molecule has 1 aliphatic heterocycles. The van der Waals surface area contributed by atoms with Gasteiger partial charge in [0.15, 0.2) is 5.96 Å². The molecular formula is C20H42IN5O4S. The topological polar surface area (TPSA) is 103 Å². The van der Waals surface area contributed by atoms with Gasteiger partial charge in [0, 0.05) is 45.8 Å². The van der Waals surface area contributed by atoms with Crippen molar-refractivity contribution in [2.45, 2.75) is 71.9 Å². The standard InChI is InChI=1S/C20H41N5O4S.HI/c1-7-12-24(19(26)29-20(3,4)5)15-11-22-18(21-6)23-17-9-13-25(14-10-17)30(27,28)16-8-2;/h17H,7-16H2,1-6H3,(H2,21,22,23);1H. The Morgan fingerprint density at radius 2 is 1.77 bits per heavy atom. The Balaban J connectivity index is 0.00000900. The van der Waals surface area contributed by atoms with E-state index in [0.29, 0.717) is 45.1 Å². The molecule has 1 heterocycles. The van der Waals surface area contributed by atoms with Crippen molar-refractivity contribution in [1.82, 2.24) is 19.8 Å². The first-order chi connectivity index (χ1) is 14.0. The number of guanidine groups is 1. The molecule has 11 heteroatoms. The number of carbonyl (C=O) groups is 1. The highest BCUT2D eigenvalue weighted by Crippen LogP contribution is 2.15. The molecule has 0 aromatic carbocycles. The summed E-state index contributed by atoms with van der Waals surface area (Å²) >= 11 is 0. The van der Waals surface area contributed by atoms with Crippen molar-refractivity contribution < 1.29 is 17.9 Å². The number of piperidine rings is 1. The van der Waals surface area contributed by atoms with Crippen LogP contribution < -0.4 is 10.6 Å². The molecule has 1 rings (SSSR count). The van der Waals surface area contributed by atoms with Gasteiger partial charge in [0.1, 0.15) is 5.60 Å². The number of rotatable bonds is 9. The number of nitrogens with zero attached hydrogens (tertiary/aromatic N) is 3. The fourth-order valence-corrected chi connectivity index (χ4v) is 4.79. The van der Waals surface area contributed by atoms with Crippen molar-refractivity contribution in [2.75, 3.05) is 45.5 Å². The van der Waals surface area contributed by atoms with Gasteiger partial charge < -0.3 is 20.3 Å². The lowest BCUT2D eigenvalue weighted by Crippen LogP contribution is -2.51. The van der Waals surface area contributed by atoms with E-state index in [9.17, 15) is 13.2 Å². The van der Waals surface area contributed by atoms with Crippen molar-refractivity contribution in [2.24, 2.45) is 4.99 Å². The SMILES string of the molecule is CCCN(CCNC(=NC)NC1CCN(S(=O)(=O)CCC)CC1)C(=O)OC(C)(C)C.I. The third-order valence-electron chi connectivity index (χ3n) is 4.69. The normalized spacial score (nSPS) is 16.4. The molecule has 0 atom stereocenters. The van der Waals surface area contributed by atoms with Gasteiger partial charge in [0.25, 0.3) is 0 Å². The highest BCUT2D eigenvalue weighted by Gasteiger charge is 2.27. The minimum absolute atomic E-state index is 0. The van der Waals surface area contributed by atoms with Gasteiger partial charge in [-0.2, -0.15) is 0 Å². The first-order valence-electron chi connectivity index (χ1n) is 10.9. The smallest absolute Gasteiger partial charge is 0.410 e. The van der Waals surface area contributed by atoms with Crippen molar-refractivity contribution in [3.05, 3.63) is 0 Å². The second-order valence-electron chi connectivity index (χ2n) is 8.60. The van der Waals surface area contributed by atoms with Gasteiger partial charge in [-0.05, 0) is 46.5 Å². The summed E-state index contributed by atoms with van der Waals surface area (Å²) in [6.07, 6.45) is 2.66. The van der Waals surface area contributed by atoms with Gasteiger partial charge in [-0.1, -0.05) is 13.8 Å². The Kier molecular flexibility index (Phi) is 14.0. The number of sulfonamides is 1.